The van der Waals surface area contributed by atoms with Gasteiger partial charge in [0.25, 0.3) is 0 Å². The van der Waals surface area contributed by atoms with Crippen LogP contribution in [0.3, 0.4) is 0 Å². The first-order valence-electron chi connectivity index (χ1n) is 6.51. The standard InChI is InChI=1S/C14H22F2N2/c1-3-7-17-10-11(2)18-8-6-12-4-5-13(15)14(16)9-12/h4-5,9,11,17-18H,3,6-8,10H2,1-2H3. The van der Waals surface area contributed by atoms with Crippen LogP contribution in [0.2, 0.25) is 0 Å². The summed E-state index contributed by atoms with van der Waals surface area (Å²) in [5.74, 6) is -1.56. The Labute approximate surface area is 108 Å². The predicted molar refractivity (Wildman–Crippen MR) is 70.7 cm³/mol. The second-order valence-corrected chi connectivity index (χ2v) is 4.56. The van der Waals surface area contributed by atoms with Crippen molar-refractivity contribution in [2.45, 2.75) is 32.7 Å². The fraction of sp³-hybridized carbons (Fsp3) is 0.571. The number of hydrogen-bond donors (Lipinski definition) is 2. The summed E-state index contributed by atoms with van der Waals surface area (Å²) in [4.78, 5) is 0. The molecule has 4 heteroatoms. The topological polar surface area (TPSA) is 24.1 Å². The van der Waals surface area contributed by atoms with Crippen LogP contribution in [-0.4, -0.2) is 25.7 Å². The third-order valence-corrected chi connectivity index (χ3v) is 2.77. The van der Waals surface area contributed by atoms with Gasteiger partial charge in [-0.15, -0.1) is 0 Å². The van der Waals surface area contributed by atoms with Crippen molar-refractivity contribution in [3.8, 4) is 0 Å². The van der Waals surface area contributed by atoms with E-state index in [1.54, 1.807) is 6.07 Å². The molecule has 0 heterocycles. The summed E-state index contributed by atoms with van der Waals surface area (Å²) in [5, 5.41) is 6.67. The molecule has 0 bridgehead atoms. The highest BCUT2D eigenvalue weighted by atomic mass is 19.2. The molecule has 0 saturated carbocycles. The summed E-state index contributed by atoms with van der Waals surface area (Å²) in [6.45, 7) is 6.95. The van der Waals surface area contributed by atoms with Crippen LogP contribution in [0, 0.1) is 11.6 Å². The maximum Gasteiger partial charge on any atom is 0.159 e. The van der Waals surface area contributed by atoms with Gasteiger partial charge in [-0.1, -0.05) is 13.0 Å². The first-order chi connectivity index (χ1) is 8.63. The van der Waals surface area contributed by atoms with Gasteiger partial charge in [-0.05, 0) is 50.6 Å². The van der Waals surface area contributed by atoms with E-state index in [0.717, 1.165) is 31.6 Å². The van der Waals surface area contributed by atoms with E-state index in [9.17, 15) is 8.78 Å². The highest BCUT2D eigenvalue weighted by molar-refractivity contribution is 5.18. The zero-order valence-corrected chi connectivity index (χ0v) is 11.1. The van der Waals surface area contributed by atoms with Crippen molar-refractivity contribution in [1.82, 2.24) is 10.6 Å². The van der Waals surface area contributed by atoms with Gasteiger partial charge in [-0.3, -0.25) is 0 Å². The number of hydrogen-bond acceptors (Lipinski definition) is 2. The third-order valence-electron chi connectivity index (χ3n) is 2.77. The quantitative estimate of drug-likeness (QED) is 0.698. The van der Waals surface area contributed by atoms with E-state index in [1.165, 1.54) is 12.1 Å². The SMILES string of the molecule is CCCNCC(C)NCCc1ccc(F)c(F)c1. The van der Waals surface area contributed by atoms with Crippen LogP contribution >= 0.6 is 0 Å². The minimum Gasteiger partial charge on any atom is -0.315 e. The summed E-state index contributed by atoms with van der Waals surface area (Å²) < 4.78 is 25.7. The lowest BCUT2D eigenvalue weighted by atomic mass is 10.1. The highest BCUT2D eigenvalue weighted by Gasteiger charge is 2.03. The molecule has 1 aromatic carbocycles. The molecule has 0 saturated heterocycles. The Bertz CT molecular complexity index is 356. The molecular formula is C14H22F2N2. The Morgan fingerprint density at radius 2 is 1.94 bits per heavy atom. The molecule has 0 aliphatic rings. The lowest BCUT2D eigenvalue weighted by Crippen LogP contribution is -2.37. The lowest BCUT2D eigenvalue weighted by molar-refractivity contribution is 0.498. The minimum absolute atomic E-state index is 0.377. The van der Waals surface area contributed by atoms with Crippen LogP contribution in [0.1, 0.15) is 25.8 Å². The Hall–Kier alpha value is -1.00. The Morgan fingerprint density at radius 3 is 2.61 bits per heavy atom. The van der Waals surface area contributed by atoms with Gasteiger partial charge < -0.3 is 10.6 Å². The van der Waals surface area contributed by atoms with Crippen LogP contribution in [0.15, 0.2) is 18.2 Å². The number of halogens is 2. The molecule has 0 aromatic heterocycles. The summed E-state index contributed by atoms with van der Waals surface area (Å²) in [6, 6.07) is 4.44. The first-order valence-corrected chi connectivity index (χ1v) is 6.51. The lowest BCUT2D eigenvalue weighted by Gasteiger charge is -2.14. The van der Waals surface area contributed by atoms with Gasteiger partial charge in [0.15, 0.2) is 11.6 Å². The summed E-state index contributed by atoms with van der Waals surface area (Å²) in [6.07, 6.45) is 1.83. The van der Waals surface area contributed by atoms with E-state index in [-0.39, 0.29) is 0 Å². The van der Waals surface area contributed by atoms with Crippen molar-refractivity contribution in [3.63, 3.8) is 0 Å². The maximum absolute atomic E-state index is 13.0. The maximum atomic E-state index is 13.0. The number of rotatable bonds is 8. The van der Waals surface area contributed by atoms with Crippen molar-refractivity contribution in [3.05, 3.63) is 35.4 Å². The Kier molecular flexibility index (Phi) is 6.83. The van der Waals surface area contributed by atoms with Crippen LogP contribution in [0.25, 0.3) is 0 Å². The van der Waals surface area contributed by atoms with Crippen LogP contribution in [-0.2, 0) is 6.42 Å². The van der Waals surface area contributed by atoms with Gasteiger partial charge in [-0.25, -0.2) is 8.78 Å². The molecule has 18 heavy (non-hydrogen) atoms. The van der Waals surface area contributed by atoms with E-state index in [0.29, 0.717) is 12.5 Å². The largest absolute Gasteiger partial charge is 0.315 e. The molecule has 2 N–H and O–H groups in total. The molecule has 2 nitrogen and oxygen atoms in total. The van der Waals surface area contributed by atoms with E-state index >= 15 is 0 Å². The molecule has 0 fully saturated rings. The van der Waals surface area contributed by atoms with Crippen molar-refractivity contribution >= 4 is 0 Å². The summed E-state index contributed by atoms with van der Waals surface area (Å²) in [5.41, 5.74) is 0.815. The average Bonchev–Trinajstić information content (AvgIpc) is 2.34. The fourth-order valence-electron chi connectivity index (χ4n) is 1.73. The van der Waals surface area contributed by atoms with Crippen molar-refractivity contribution in [1.29, 1.82) is 0 Å². The predicted octanol–water partition coefficient (Wildman–Crippen LogP) is 2.49. The molecule has 0 aliphatic carbocycles. The van der Waals surface area contributed by atoms with Gasteiger partial charge in [0.05, 0.1) is 0 Å². The normalized spacial score (nSPS) is 12.7. The van der Waals surface area contributed by atoms with Gasteiger partial charge in [0.1, 0.15) is 0 Å². The number of nitrogens with one attached hydrogen (secondary N) is 2. The smallest absolute Gasteiger partial charge is 0.159 e. The van der Waals surface area contributed by atoms with Gasteiger partial charge in [-0.2, -0.15) is 0 Å². The molecule has 0 spiro atoms. The van der Waals surface area contributed by atoms with Crippen molar-refractivity contribution in [2.75, 3.05) is 19.6 Å². The molecular weight excluding hydrogens is 234 g/mol. The zero-order chi connectivity index (χ0) is 13.4. The van der Waals surface area contributed by atoms with Crippen molar-refractivity contribution < 1.29 is 8.78 Å². The van der Waals surface area contributed by atoms with Gasteiger partial charge >= 0.3 is 0 Å². The van der Waals surface area contributed by atoms with E-state index < -0.39 is 11.6 Å². The van der Waals surface area contributed by atoms with Gasteiger partial charge in [0.2, 0.25) is 0 Å². The minimum atomic E-state index is -0.788. The third kappa shape index (κ3) is 5.56. The monoisotopic (exact) mass is 256 g/mol. The molecule has 0 aliphatic heterocycles. The Morgan fingerprint density at radius 1 is 1.17 bits per heavy atom. The van der Waals surface area contributed by atoms with E-state index in [1.807, 2.05) is 0 Å². The molecule has 102 valence electrons. The van der Waals surface area contributed by atoms with Crippen LogP contribution in [0.5, 0.6) is 0 Å². The van der Waals surface area contributed by atoms with Crippen molar-refractivity contribution in [2.24, 2.45) is 0 Å². The van der Waals surface area contributed by atoms with E-state index in [4.69, 9.17) is 0 Å². The van der Waals surface area contributed by atoms with Crippen LogP contribution in [0.4, 0.5) is 8.78 Å². The van der Waals surface area contributed by atoms with E-state index in [2.05, 4.69) is 24.5 Å². The molecule has 1 unspecified atom stereocenters. The first kappa shape index (κ1) is 15.1. The second kappa shape index (κ2) is 8.16. The zero-order valence-electron chi connectivity index (χ0n) is 11.1. The fourth-order valence-corrected chi connectivity index (χ4v) is 1.73. The Balaban J connectivity index is 2.22. The molecule has 0 radical (unpaired) electrons. The van der Waals surface area contributed by atoms with Crippen LogP contribution < -0.4 is 10.6 Å². The molecule has 1 atom stereocenters. The number of benzene rings is 1. The average molecular weight is 256 g/mol. The molecule has 1 rings (SSSR count). The highest BCUT2D eigenvalue weighted by Crippen LogP contribution is 2.08. The van der Waals surface area contributed by atoms with Gasteiger partial charge in [0, 0.05) is 12.6 Å². The second-order valence-electron chi connectivity index (χ2n) is 4.56. The summed E-state index contributed by atoms with van der Waals surface area (Å²) in [7, 11) is 0. The summed E-state index contributed by atoms with van der Waals surface area (Å²) >= 11 is 0. The molecule has 0 amide bonds. The molecule has 1 aromatic rings.